The van der Waals surface area contributed by atoms with Crippen molar-refractivity contribution in [3.05, 3.63) is 53.9 Å². The van der Waals surface area contributed by atoms with E-state index in [4.69, 9.17) is 0 Å². The third-order valence-electron chi connectivity index (χ3n) is 3.99. The number of benzene rings is 1. The Kier molecular flexibility index (Phi) is 4.87. The summed E-state index contributed by atoms with van der Waals surface area (Å²) in [6.07, 6.45) is 3.87. The highest BCUT2D eigenvalue weighted by Gasteiger charge is 2.17. The molecule has 25 heavy (non-hydrogen) atoms. The van der Waals surface area contributed by atoms with Crippen LogP contribution in [0.4, 0.5) is 20.2 Å². The fraction of sp³-hybridized carbons (Fsp3) is 0.235. The lowest BCUT2D eigenvalue weighted by Gasteiger charge is -2.34. The van der Waals surface area contributed by atoms with Gasteiger partial charge in [-0.1, -0.05) is 0 Å². The van der Waals surface area contributed by atoms with E-state index in [1.54, 1.807) is 17.2 Å². The van der Waals surface area contributed by atoms with Crippen LogP contribution in [0.2, 0.25) is 0 Å². The molecule has 1 N–H and O–H groups in total. The second kappa shape index (κ2) is 7.25. The minimum Gasteiger partial charge on any atom is -0.367 e. The van der Waals surface area contributed by atoms with E-state index in [1.807, 2.05) is 4.90 Å². The van der Waals surface area contributed by atoms with Crippen molar-refractivity contribution in [1.29, 1.82) is 0 Å². The number of aromatic nitrogens is 1. The lowest BCUT2D eigenvalue weighted by atomic mass is 10.2. The van der Waals surface area contributed by atoms with Gasteiger partial charge in [-0.2, -0.15) is 0 Å². The van der Waals surface area contributed by atoms with Gasteiger partial charge in [0.25, 0.3) is 5.91 Å². The van der Waals surface area contributed by atoms with E-state index in [1.165, 1.54) is 12.3 Å². The number of hydrogen-bond acceptors (Lipinski definition) is 4. The van der Waals surface area contributed by atoms with Crippen molar-refractivity contribution >= 4 is 23.7 Å². The molecule has 1 aliphatic heterocycles. The summed E-state index contributed by atoms with van der Waals surface area (Å²) in [6, 6.07) is 4.83. The molecule has 0 radical (unpaired) electrons. The smallest absolute Gasteiger partial charge is 0.257 e. The van der Waals surface area contributed by atoms with Crippen LogP contribution in [-0.4, -0.2) is 48.4 Å². The summed E-state index contributed by atoms with van der Waals surface area (Å²) in [5, 5.41) is 2.51. The Labute approximate surface area is 143 Å². The molecular weight excluding hydrogens is 330 g/mol. The largest absolute Gasteiger partial charge is 0.367 e. The van der Waals surface area contributed by atoms with E-state index in [2.05, 4.69) is 10.3 Å². The van der Waals surface area contributed by atoms with Crippen LogP contribution in [-0.2, 0) is 4.79 Å². The summed E-state index contributed by atoms with van der Waals surface area (Å²) in [6.45, 7) is 2.51. The number of nitrogens with zero attached hydrogens (tertiary/aromatic N) is 3. The summed E-state index contributed by atoms with van der Waals surface area (Å²) in [5.74, 6) is -2.47. The monoisotopic (exact) mass is 346 g/mol. The van der Waals surface area contributed by atoms with Gasteiger partial charge in [0.1, 0.15) is 0 Å². The SMILES string of the molecule is O=CN1CCN(c2cncc(C(=O)Nc3ccc(F)c(F)c3)c2)CC1. The standard InChI is InChI=1S/C17H16F2N4O2/c18-15-2-1-13(8-16(15)19)21-17(25)12-7-14(10-20-9-12)23-5-3-22(11-24)4-6-23/h1-2,7-11H,3-6H2,(H,21,25). The second-order valence-corrected chi connectivity index (χ2v) is 5.64. The van der Waals surface area contributed by atoms with Crippen molar-refractivity contribution in [3.63, 3.8) is 0 Å². The zero-order valence-electron chi connectivity index (χ0n) is 13.3. The maximum Gasteiger partial charge on any atom is 0.257 e. The molecule has 2 amide bonds. The van der Waals surface area contributed by atoms with Crippen LogP contribution in [0.25, 0.3) is 0 Å². The number of carbonyl (C=O) groups excluding carboxylic acids is 2. The molecule has 1 aromatic heterocycles. The van der Waals surface area contributed by atoms with Crippen molar-refractivity contribution < 1.29 is 18.4 Å². The van der Waals surface area contributed by atoms with Crippen LogP contribution in [0.15, 0.2) is 36.7 Å². The van der Waals surface area contributed by atoms with Gasteiger partial charge in [0.05, 0.1) is 17.4 Å². The van der Waals surface area contributed by atoms with Gasteiger partial charge < -0.3 is 15.1 Å². The van der Waals surface area contributed by atoms with Crippen LogP contribution in [0, 0.1) is 11.6 Å². The predicted octanol–water partition coefficient (Wildman–Crippen LogP) is 1.89. The van der Waals surface area contributed by atoms with E-state index in [9.17, 15) is 18.4 Å². The normalized spacial score (nSPS) is 14.3. The fourth-order valence-electron chi connectivity index (χ4n) is 2.59. The summed E-state index contributed by atoms with van der Waals surface area (Å²) < 4.78 is 26.2. The van der Waals surface area contributed by atoms with Crippen LogP contribution in [0.5, 0.6) is 0 Å². The van der Waals surface area contributed by atoms with Crippen molar-refractivity contribution in [2.24, 2.45) is 0 Å². The average molecular weight is 346 g/mol. The molecule has 0 aliphatic carbocycles. The van der Waals surface area contributed by atoms with Gasteiger partial charge in [0, 0.05) is 44.1 Å². The topological polar surface area (TPSA) is 65.5 Å². The quantitative estimate of drug-likeness (QED) is 0.859. The zero-order chi connectivity index (χ0) is 17.8. The molecule has 2 heterocycles. The molecule has 1 aliphatic rings. The summed E-state index contributed by atoms with van der Waals surface area (Å²) >= 11 is 0. The van der Waals surface area contributed by atoms with E-state index < -0.39 is 17.5 Å². The van der Waals surface area contributed by atoms with Gasteiger partial charge in [-0.3, -0.25) is 14.6 Å². The molecule has 0 atom stereocenters. The first-order chi connectivity index (χ1) is 12.1. The predicted molar refractivity (Wildman–Crippen MR) is 88.4 cm³/mol. The number of amides is 2. The first kappa shape index (κ1) is 16.8. The highest BCUT2D eigenvalue weighted by molar-refractivity contribution is 6.04. The zero-order valence-corrected chi connectivity index (χ0v) is 13.3. The highest BCUT2D eigenvalue weighted by atomic mass is 19.2. The number of carbonyl (C=O) groups is 2. The summed E-state index contributed by atoms with van der Waals surface area (Å²) in [7, 11) is 0. The van der Waals surface area contributed by atoms with Gasteiger partial charge in [-0.05, 0) is 18.2 Å². The van der Waals surface area contributed by atoms with Crippen molar-refractivity contribution in [1.82, 2.24) is 9.88 Å². The van der Waals surface area contributed by atoms with Crippen molar-refractivity contribution in [3.8, 4) is 0 Å². The number of rotatable bonds is 4. The summed E-state index contributed by atoms with van der Waals surface area (Å²) in [5.41, 5.74) is 1.23. The number of pyridine rings is 1. The Morgan fingerprint density at radius 1 is 1.08 bits per heavy atom. The minimum atomic E-state index is -1.03. The van der Waals surface area contributed by atoms with E-state index >= 15 is 0 Å². The maximum absolute atomic E-state index is 13.2. The van der Waals surface area contributed by atoms with Gasteiger partial charge >= 0.3 is 0 Å². The Bertz CT molecular complexity index is 792. The molecule has 8 heteroatoms. The van der Waals surface area contributed by atoms with Crippen molar-refractivity contribution in [2.75, 3.05) is 36.4 Å². The number of nitrogens with one attached hydrogen (secondary N) is 1. The Hall–Kier alpha value is -3.03. The maximum atomic E-state index is 13.2. The third-order valence-corrected chi connectivity index (χ3v) is 3.99. The lowest BCUT2D eigenvalue weighted by molar-refractivity contribution is -0.118. The van der Waals surface area contributed by atoms with Gasteiger partial charge in [-0.15, -0.1) is 0 Å². The van der Waals surface area contributed by atoms with Crippen molar-refractivity contribution in [2.45, 2.75) is 0 Å². The Morgan fingerprint density at radius 3 is 2.52 bits per heavy atom. The molecule has 1 aromatic carbocycles. The van der Waals surface area contributed by atoms with Crippen LogP contribution >= 0.6 is 0 Å². The minimum absolute atomic E-state index is 0.161. The average Bonchev–Trinajstić information content (AvgIpc) is 2.65. The molecule has 6 nitrogen and oxygen atoms in total. The van der Waals surface area contributed by atoms with Crippen LogP contribution < -0.4 is 10.2 Å². The number of anilines is 2. The molecule has 130 valence electrons. The summed E-state index contributed by atoms with van der Waals surface area (Å²) in [4.78, 5) is 30.8. The molecule has 1 saturated heterocycles. The molecule has 0 spiro atoms. The van der Waals surface area contributed by atoms with Gasteiger partial charge in [0.15, 0.2) is 11.6 Å². The molecule has 3 rings (SSSR count). The molecule has 0 unspecified atom stereocenters. The Balaban J connectivity index is 1.71. The molecule has 0 saturated carbocycles. The second-order valence-electron chi connectivity index (χ2n) is 5.64. The van der Waals surface area contributed by atoms with E-state index in [-0.39, 0.29) is 5.69 Å². The number of hydrogen-bond donors (Lipinski definition) is 1. The number of piperazine rings is 1. The highest BCUT2D eigenvalue weighted by Crippen LogP contribution is 2.18. The molecule has 0 bridgehead atoms. The third kappa shape index (κ3) is 3.90. The Morgan fingerprint density at radius 2 is 1.84 bits per heavy atom. The number of halogens is 2. The van der Waals surface area contributed by atoms with Gasteiger partial charge in [-0.25, -0.2) is 8.78 Å². The van der Waals surface area contributed by atoms with Gasteiger partial charge in [0.2, 0.25) is 6.41 Å². The first-order valence-corrected chi connectivity index (χ1v) is 7.72. The van der Waals surface area contributed by atoms with Crippen LogP contribution in [0.3, 0.4) is 0 Å². The van der Waals surface area contributed by atoms with Crippen LogP contribution in [0.1, 0.15) is 10.4 Å². The molecule has 1 fully saturated rings. The molecule has 2 aromatic rings. The van der Waals surface area contributed by atoms with E-state index in [0.717, 1.165) is 24.2 Å². The lowest BCUT2D eigenvalue weighted by Crippen LogP contribution is -2.45. The van der Waals surface area contributed by atoms with E-state index in [0.29, 0.717) is 31.7 Å². The fourth-order valence-corrected chi connectivity index (χ4v) is 2.59. The first-order valence-electron chi connectivity index (χ1n) is 7.72. The molecular formula is C17H16F2N4O2.